The van der Waals surface area contributed by atoms with Crippen LogP contribution < -0.4 is 0 Å². The summed E-state index contributed by atoms with van der Waals surface area (Å²) in [4.78, 5) is 0. The quantitative estimate of drug-likeness (QED) is 0.684. The van der Waals surface area contributed by atoms with E-state index in [9.17, 15) is 4.39 Å². The van der Waals surface area contributed by atoms with E-state index in [1.807, 2.05) is 24.3 Å². The second-order valence-corrected chi connectivity index (χ2v) is 5.22. The molecule has 0 radical (unpaired) electrons. The normalized spacial score (nSPS) is 12.4. The van der Waals surface area contributed by atoms with Crippen molar-refractivity contribution in [1.29, 1.82) is 0 Å². The molecule has 0 saturated heterocycles. The predicted molar refractivity (Wildman–Crippen MR) is 79.2 cm³/mol. The Bertz CT molecular complexity index is 530. The zero-order valence-corrected chi connectivity index (χ0v) is 12.5. The van der Waals surface area contributed by atoms with E-state index < -0.39 is 0 Å². The molecule has 1 atom stereocenters. The Hall–Kier alpha value is -0.900. The maximum atomic E-state index is 12.9. The first-order valence-corrected chi connectivity index (χ1v) is 7.36. The number of rotatable bonds is 5. The standard InChI is InChI=1S/C15H13BrClFO/c16-9-15(12-4-6-14(18)7-5-12)19-10-11-2-1-3-13(17)8-11/h1-8,15H,9-10H2. The molecule has 0 N–H and O–H groups in total. The van der Waals surface area contributed by atoms with Crippen molar-refractivity contribution in [3.63, 3.8) is 0 Å². The average Bonchev–Trinajstić information content (AvgIpc) is 2.41. The highest BCUT2D eigenvalue weighted by molar-refractivity contribution is 9.09. The van der Waals surface area contributed by atoms with Gasteiger partial charge < -0.3 is 4.74 Å². The Balaban J connectivity index is 2.01. The van der Waals surface area contributed by atoms with E-state index in [-0.39, 0.29) is 11.9 Å². The Morgan fingerprint density at radius 3 is 2.53 bits per heavy atom. The first-order valence-electron chi connectivity index (χ1n) is 5.86. The lowest BCUT2D eigenvalue weighted by Gasteiger charge is -2.16. The zero-order chi connectivity index (χ0) is 13.7. The van der Waals surface area contributed by atoms with Crippen molar-refractivity contribution in [1.82, 2.24) is 0 Å². The monoisotopic (exact) mass is 342 g/mol. The zero-order valence-electron chi connectivity index (χ0n) is 10.2. The molecule has 0 amide bonds. The van der Waals surface area contributed by atoms with Gasteiger partial charge in [0.15, 0.2) is 0 Å². The molecule has 0 bridgehead atoms. The number of benzene rings is 2. The molecule has 2 rings (SSSR count). The molecule has 0 fully saturated rings. The lowest BCUT2D eigenvalue weighted by atomic mass is 10.1. The van der Waals surface area contributed by atoms with Crippen molar-refractivity contribution >= 4 is 27.5 Å². The van der Waals surface area contributed by atoms with E-state index in [1.165, 1.54) is 12.1 Å². The third kappa shape index (κ3) is 4.30. The molecule has 1 nitrogen and oxygen atoms in total. The highest BCUT2D eigenvalue weighted by Crippen LogP contribution is 2.22. The third-order valence-corrected chi connectivity index (χ3v) is 3.55. The predicted octanol–water partition coefficient (Wildman–Crippen LogP) is 5.13. The summed E-state index contributed by atoms with van der Waals surface area (Å²) in [5.74, 6) is -0.244. The van der Waals surface area contributed by atoms with Gasteiger partial charge >= 0.3 is 0 Å². The summed E-state index contributed by atoms with van der Waals surface area (Å²) in [6, 6.07) is 13.9. The van der Waals surface area contributed by atoms with E-state index >= 15 is 0 Å². The number of hydrogen-bond acceptors (Lipinski definition) is 1. The first-order chi connectivity index (χ1) is 9.19. The first kappa shape index (κ1) is 14.5. The number of ether oxygens (including phenoxy) is 1. The summed E-state index contributed by atoms with van der Waals surface area (Å²) in [6.45, 7) is 0.466. The molecule has 0 aromatic heterocycles. The molecular formula is C15H13BrClFO. The Morgan fingerprint density at radius 2 is 1.89 bits per heavy atom. The Labute approximate surface area is 125 Å². The van der Waals surface area contributed by atoms with Crippen LogP contribution in [0, 0.1) is 5.82 Å². The van der Waals surface area contributed by atoms with Crippen LogP contribution in [0.3, 0.4) is 0 Å². The highest BCUT2D eigenvalue weighted by Gasteiger charge is 2.11. The molecule has 0 aliphatic carbocycles. The number of alkyl halides is 1. The van der Waals surface area contributed by atoms with Gasteiger partial charge in [-0.05, 0) is 35.4 Å². The van der Waals surface area contributed by atoms with Gasteiger partial charge in [0.1, 0.15) is 5.82 Å². The maximum absolute atomic E-state index is 12.9. The van der Waals surface area contributed by atoms with Crippen LogP contribution in [0.25, 0.3) is 0 Å². The van der Waals surface area contributed by atoms with Gasteiger partial charge in [0.2, 0.25) is 0 Å². The van der Waals surface area contributed by atoms with Gasteiger partial charge in [-0.25, -0.2) is 4.39 Å². The molecule has 0 aliphatic heterocycles. The molecule has 19 heavy (non-hydrogen) atoms. The van der Waals surface area contributed by atoms with Crippen LogP contribution in [0.5, 0.6) is 0 Å². The van der Waals surface area contributed by atoms with Gasteiger partial charge in [-0.15, -0.1) is 0 Å². The van der Waals surface area contributed by atoms with Crippen LogP contribution in [0.2, 0.25) is 5.02 Å². The highest BCUT2D eigenvalue weighted by atomic mass is 79.9. The van der Waals surface area contributed by atoms with Gasteiger partial charge in [0.05, 0.1) is 12.7 Å². The Kier molecular flexibility index (Phi) is 5.37. The minimum Gasteiger partial charge on any atom is -0.368 e. The lowest BCUT2D eigenvalue weighted by Crippen LogP contribution is -2.06. The third-order valence-electron chi connectivity index (χ3n) is 2.72. The lowest BCUT2D eigenvalue weighted by molar-refractivity contribution is 0.0565. The van der Waals surface area contributed by atoms with Crippen LogP contribution in [0.4, 0.5) is 4.39 Å². The average molecular weight is 344 g/mol. The molecule has 0 heterocycles. The summed E-state index contributed by atoms with van der Waals surface area (Å²) in [7, 11) is 0. The molecule has 0 spiro atoms. The van der Waals surface area contributed by atoms with Crippen LogP contribution >= 0.6 is 27.5 Å². The van der Waals surface area contributed by atoms with E-state index in [2.05, 4.69) is 15.9 Å². The van der Waals surface area contributed by atoms with Gasteiger partial charge in [-0.2, -0.15) is 0 Å². The van der Waals surface area contributed by atoms with Gasteiger partial charge in [0.25, 0.3) is 0 Å². The van der Waals surface area contributed by atoms with Gasteiger partial charge in [-0.3, -0.25) is 0 Å². The topological polar surface area (TPSA) is 9.23 Å². The van der Waals surface area contributed by atoms with E-state index in [4.69, 9.17) is 16.3 Å². The maximum Gasteiger partial charge on any atom is 0.123 e. The van der Waals surface area contributed by atoms with Crippen molar-refractivity contribution in [2.45, 2.75) is 12.7 Å². The number of halogens is 3. The second-order valence-electron chi connectivity index (χ2n) is 4.14. The van der Waals surface area contributed by atoms with Crippen molar-refractivity contribution in [2.24, 2.45) is 0 Å². The second kappa shape index (κ2) is 7.04. The van der Waals surface area contributed by atoms with Gasteiger partial charge in [0, 0.05) is 10.4 Å². The molecule has 2 aromatic rings. The summed E-state index contributed by atoms with van der Waals surface area (Å²) >= 11 is 9.34. The summed E-state index contributed by atoms with van der Waals surface area (Å²) in [5.41, 5.74) is 1.96. The SMILES string of the molecule is Fc1ccc(C(CBr)OCc2cccc(Cl)c2)cc1. The van der Waals surface area contributed by atoms with E-state index in [0.717, 1.165) is 11.1 Å². The Morgan fingerprint density at radius 1 is 1.16 bits per heavy atom. The summed E-state index contributed by atoms with van der Waals surface area (Å²) in [6.07, 6.45) is -0.111. The van der Waals surface area contributed by atoms with Crippen LogP contribution in [-0.4, -0.2) is 5.33 Å². The summed E-state index contributed by atoms with van der Waals surface area (Å²) < 4.78 is 18.7. The number of hydrogen-bond donors (Lipinski definition) is 0. The smallest absolute Gasteiger partial charge is 0.123 e. The molecule has 4 heteroatoms. The van der Waals surface area contributed by atoms with Crippen LogP contribution in [0.1, 0.15) is 17.2 Å². The fraction of sp³-hybridized carbons (Fsp3) is 0.200. The van der Waals surface area contributed by atoms with Crippen molar-refractivity contribution in [3.05, 3.63) is 70.5 Å². The molecule has 0 saturated carbocycles. The summed E-state index contributed by atoms with van der Waals surface area (Å²) in [5, 5.41) is 1.34. The van der Waals surface area contributed by atoms with Crippen molar-refractivity contribution in [3.8, 4) is 0 Å². The van der Waals surface area contributed by atoms with Crippen LogP contribution in [0.15, 0.2) is 48.5 Å². The van der Waals surface area contributed by atoms with Crippen molar-refractivity contribution in [2.75, 3.05) is 5.33 Å². The molecule has 2 aromatic carbocycles. The largest absolute Gasteiger partial charge is 0.368 e. The fourth-order valence-corrected chi connectivity index (χ4v) is 2.50. The van der Waals surface area contributed by atoms with Gasteiger partial charge in [-0.1, -0.05) is 51.8 Å². The minimum atomic E-state index is -0.244. The van der Waals surface area contributed by atoms with E-state index in [0.29, 0.717) is 17.0 Å². The van der Waals surface area contributed by atoms with Crippen molar-refractivity contribution < 1.29 is 9.13 Å². The molecule has 1 unspecified atom stereocenters. The van der Waals surface area contributed by atoms with E-state index in [1.54, 1.807) is 12.1 Å². The molecule has 0 aliphatic rings. The molecule has 100 valence electrons. The van der Waals surface area contributed by atoms with Crippen LogP contribution in [-0.2, 0) is 11.3 Å². The molecular weight excluding hydrogens is 331 g/mol. The fourth-order valence-electron chi connectivity index (χ4n) is 1.73. The minimum absolute atomic E-state index is 0.111.